The Morgan fingerprint density at radius 1 is 1.50 bits per heavy atom. The van der Waals surface area contributed by atoms with Gasteiger partial charge in [0.25, 0.3) is 0 Å². The monoisotopic (exact) mass is 298 g/mol. The van der Waals surface area contributed by atoms with E-state index in [0.29, 0.717) is 18.3 Å². The number of nitrogens with zero attached hydrogens (tertiary/aromatic N) is 1. The highest BCUT2D eigenvalue weighted by Crippen LogP contribution is 2.20. The normalized spacial score (nSPS) is 18.7. The van der Waals surface area contributed by atoms with Gasteiger partial charge in [0.1, 0.15) is 5.82 Å². The Morgan fingerprint density at radius 3 is 2.90 bits per heavy atom. The zero-order valence-electron chi connectivity index (χ0n) is 10.9. The number of rotatable bonds is 2. The van der Waals surface area contributed by atoms with E-state index >= 15 is 0 Å². The van der Waals surface area contributed by atoms with Crippen molar-refractivity contribution in [2.24, 2.45) is 0 Å². The highest BCUT2D eigenvalue weighted by atomic mass is 32.2. The van der Waals surface area contributed by atoms with Gasteiger partial charge in [0.15, 0.2) is 0 Å². The van der Waals surface area contributed by atoms with Crippen molar-refractivity contribution in [2.75, 3.05) is 24.2 Å². The second-order valence-electron chi connectivity index (χ2n) is 4.56. The van der Waals surface area contributed by atoms with Crippen LogP contribution in [0.3, 0.4) is 0 Å². The van der Waals surface area contributed by atoms with Gasteiger partial charge >= 0.3 is 12.0 Å². The molecule has 1 aliphatic heterocycles. The van der Waals surface area contributed by atoms with E-state index in [-0.39, 0.29) is 11.3 Å². The molecule has 2 rings (SSSR count). The summed E-state index contributed by atoms with van der Waals surface area (Å²) < 4.78 is 13.6. The van der Waals surface area contributed by atoms with Gasteiger partial charge in [-0.25, -0.2) is 14.0 Å². The van der Waals surface area contributed by atoms with Crippen LogP contribution in [0.4, 0.5) is 14.9 Å². The first kappa shape index (κ1) is 14.6. The largest absolute Gasteiger partial charge is 0.478 e. The van der Waals surface area contributed by atoms with E-state index in [1.54, 1.807) is 16.7 Å². The van der Waals surface area contributed by atoms with Gasteiger partial charge in [0.05, 0.1) is 11.3 Å². The second kappa shape index (κ2) is 6.13. The molecule has 1 saturated heterocycles. The third kappa shape index (κ3) is 3.41. The molecule has 1 aliphatic rings. The minimum atomic E-state index is -1.16. The average molecular weight is 298 g/mol. The van der Waals surface area contributed by atoms with Gasteiger partial charge in [0, 0.05) is 24.1 Å². The van der Waals surface area contributed by atoms with Gasteiger partial charge in [-0.1, -0.05) is 6.92 Å². The number of hydrogen-bond acceptors (Lipinski definition) is 3. The van der Waals surface area contributed by atoms with Crippen molar-refractivity contribution >= 4 is 29.4 Å². The van der Waals surface area contributed by atoms with Crippen LogP contribution in [0.1, 0.15) is 17.3 Å². The van der Waals surface area contributed by atoms with Crippen molar-refractivity contribution in [3.05, 3.63) is 29.6 Å². The lowest BCUT2D eigenvalue weighted by atomic mass is 10.2. The van der Waals surface area contributed by atoms with Crippen molar-refractivity contribution in [2.45, 2.75) is 12.2 Å². The summed E-state index contributed by atoms with van der Waals surface area (Å²) in [5.41, 5.74) is -0.176. The van der Waals surface area contributed by atoms with E-state index in [2.05, 4.69) is 5.32 Å². The molecular weight excluding hydrogens is 283 g/mol. The van der Waals surface area contributed by atoms with E-state index in [1.165, 1.54) is 0 Å². The smallest absolute Gasteiger partial charge is 0.335 e. The number of aromatic carboxylic acids is 1. The molecule has 20 heavy (non-hydrogen) atoms. The molecule has 7 heteroatoms. The van der Waals surface area contributed by atoms with Gasteiger partial charge < -0.3 is 15.3 Å². The first-order valence-electron chi connectivity index (χ1n) is 6.17. The van der Waals surface area contributed by atoms with E-state index in [4.69, 9.17) is 5.11 Å². The van der Waals surface area contributed by atoms with Crippen LogP contribution >= 0.6 is 11.8 Å². The van der Waals surface area contributed by atoms with Gasteiger partial charge in [-0.15, -0.1) is 0 Å². The number of carboxylic acids is 1. The highest BCUT2D eigenvalue weighted by Gasteiger charge is 2.22. The van der Waals surface area contributed by atoms with Gasteiger partial charge in [-0.3, -0.25) is 0 Å². The Bertz CT molecular complexity index is 538. The van der Waals surface area contributed by atoms with Crippen LogP contribution in [0.2, 0.25) is 0 Å². The maximum Gasteiger partial charge on any atom is 0.335 e. The van der Waals surface area contributed by atoms with E-state index in [0.717, 1.165) is 24.0 Å². The molecule has 0 aliphatic carbocycles. The molecule has 2 amide bonds. The first-order chi connectivity index (χ1) is 9.47. The third-order valence-corrected chi connectivity index (χ3v) is 4.12. The molecule has 0 bridgehead atoms. The fourth-order valence-corrected chi connectivity index (χ4v) is 2.96. The third-order valence-electron chi connectivity index (χ3n) is 2.98. The summed E-state index contributed by atoms with van der Waals surface area (Å²) >= 11 is 1.78. The molecule has 1 atom stereocenters. The predicted octanol–water partition coefficient (Wildman–Crippen LogP) is 2.49. The van der Waals surface area contributed by atoms with Crippen LogP contribution in [-0.4, -0.2) is 46.1 Å². The molecule has 1 aromatic carbocycles. The molecule has 1 unspecified atom stereocenters. The minimum absolute atomic E-state index is 0.0655. The number of carbonyl (C=O) groups excluding carboxylic acids is 1. The number of urea groups is 1. The zero-order valence-corrected chi connectivity index (χ0v) is 11.7. The summed E-state index contributed by atoms with van der Waals surface area (Å²) in [5, 5.41) is 11.6. The molecular formula is C13H15FN2O3S. The average Bonchev–Trinajstić information content (AvgIpc) is 2.41. The summed E-state index contributed by atoms with van der Waals surface area (Å²) in [6, 6.07) is 2.91. The Morgan fingerprint density at radius 2 is 2.25 bits per heavy atom. The lowest BCUT2D eigenvalue weighted by Gasteiger charge is -2.30. The quantitative estimate of drug-likeness (QED) is 0.880. The lowest BCUT2D eigenvalue weighted by molar-refractivity contribution is 0.0697. The van der Waals surface area contributed by atoms with Crippen LogP contribution in [0, 0.1) is 5.82 Å². The molecule has 0 spiro atoms. The van der Waals surface area contributed by atoms with Crippen molar-refractivity contribution in [1.29, 1.82) is 0 Å². The van der Waals surface area contributed by atoms with Crippen LogP contribution in [-0.2, 0) is 0 Å². The summed E-state index contributed by atoms with van der Waals surface area (Å²) in [4.78, 5) is 24.5. The van der Waals surface area contributed by atoms with Gasteiger partial charge in [-0.05, 0) is 18.2 Å². The lowest BCUT2D eigenvalue weighted by Crippen LogP contribution is -2.43. The molecule has 1 fully saturated rings. The molecule has 0 aromatic heterocycles. The maximum atomic E-state index is 13.6. The summed E-state index contributed by atoms with van der Waals surface area (Å²) in [5.74, 6) is -0.974. The predicted molar refractivity (Wildman–Crippen MR) is 75.9 cm³/mol. The number of thioether (sulfide) groups is 1. The van der Waals surface area contributed by atoms with E-state index in [9.17, 15) is 14.0 Å². The Balaban J connectivity index is 2.10. The van der Waals surface area contributed by atoms with Crippen molar-refractivity contribution < 1.29 is 19.1 Å². The van der Waals surface area contributed by atoms with Crippen LogP contribution < -0.4 is 5.32 Å². The van der Waals surface area contributed by atoms with Crippen LogP contribution in [0.15, 0.2) is 18.2 Å². The van der Waals surface area contributed by atoms with Gasteiger partial charge in [0.2, 0.25) is 0 Å². The van der Waals surface area contributed by atoms with Crippen molar-refractivity contribution in [3.63, 3.8) is 0 Å². The topological polar surface area (TPSA) is 69.6 Å². The number of anilines is 1. The fourth-order valence-electron chi connectivity index (χ4n) is 1.95. The van der Waals surface area contributed by atoms with Crippen molar-refractivity contribution in [1.82, 2.24) is 4.90 Å². The number of amides is 2. The van der Waals surface area contributed by atoms with Crippen molar-refractivity contribution in [3.8, 4) is 0 Å². The Labute approximate surface area is 120 Å². The number of halogens is 1. The first-order valence-corrected chi connectivity index (χ1v) is 7.22. The molecule has 0 saturated carbocycles. The number of benzene rings is 1. The Hall–Kier alpha value is -1.76. The standard InChI is InChI=1S/C13H15FN2O3S/c1-8-7-16(4-5-20-8)13(19)15-11-6-9(12(17)18)2-3-10(11)14/h2-3,6,8H,4-5,7H2,1H3,(H,15,19)(H,17,18). The summed E-state index contributed by atoms with van der Waals surface area (Å²) in [7, 11) is 0. The van der Waals surface area contributed by atoms with Crippen LogP contribution in [0.5, 0.6) is 0 Å². The molecule has 1 aromatic rings. The van der Waals surface area contributed by atoms with E-state index < -0.39 is 17.8 Å². The maximum absolute atomic E-state index is 13.6. The molecule has 108 valence electrons. The summed E-state index contributed by atoms with van der Waals surface area (Å²) in [6.45, 7) is 3.22. The molecule has 2 N–H and O–H groups in total. The highest BCUT2D eigenvalue weighted by molar-refractivity contribution is 7.99. The number of nitrogens with one attached hydrogen (secondary N) is 1. The second-order valence-corrected chi connectivity index (χ2v) is 6.10. The summed E-state index contributed by atoms with van der Waals surface area (Å²) in [6.07, 6.45) is 0. The minimum Gasteiger partial charge on any atom is -0.478 e. The van der Waals surface area contributed by atoms with E-state index in [1.807, 2.05) is 6.92 Å². The Kier molecular flexibility index (Phi) is 4.49. The SMILES string of the molecule is CC1CN(C(=O)Nc2cc(C(=O)O)ccc2F)CCS1. The molecule has 1 heterocycles. The van der Waals surface area contributed by atoms with Gasteiger partial charge in [-0.2, -0.15) is 11.8 Å². The molecule has 5 nitrogen and oxygen atoms in total. The number of hydrogen-bond donors (Lipinski definition) is 2. The number of carboxylic acid groups (broad SMARTS) is 1. The zero-order chi connectivity index (χ0) is 14.7. The molecule has 0 radical (unpaired) electrons. The van der Waals surface area contributed by atoms with Crippen LogP contribution in [0.25, 0.3) is 0 Å². The fraction of sp³-hybridized carbons (Fsp3) is 0.385. The number of carbonyl (C=O) groups is 2.